The van der Waals surface area contributed by atoms with Gasteiger partial charge in [0.25, 0.3) is 10.2 Å². The van der Waals surface area contributed by atoms with Crippen LogP contribution in [0.3, 0.4) is 0 Å². The van der Waals surface area contributed by atoms with Crippen LogP contribution in [0.2, 0.25) is 0 Å². The number of hydrogen-bond acceptors (Lipinski definition) is 3. The molecule has 1 aromatic rings. The monoisotopic (exact) mass is 302 g/mol. The second-order valence-corrected chi connectivity index (χ2v) is 6.57. The van der Waals surface area contributed by atoms with Gasteiger partial charge in [-0.15, -0.1) is 0 Å². The van der Waals surface area contributed by atoms with E-state index in [1.165, 1.54) is 16.4 Å². The molecule has 0 aromatic heterocycles. The first kappa shape index (κ1) is 15.2. The summed E-state index contributed by atoms with van der Waals surface area (Å²) in [6, 6.07) is 5.62. The van der Waals surface area contributed by atoms with Crippen molar-refractivity contribution in [3.8, 4) is 5.75 Å². The van der Waals surface area contributed by atoms with Crippen LogP contribution < -0.4 is 9.46 Å². The number of rotatable bonds is 6. The molecule has 7 heteroatoms. The van der Waals surface area contributed by atoms with Crippen molar-refractivity contribution in [2.75, 3.05) is 19.7 Å². The third kappa shape index (κ3) is 3.91. The summed E-state index contributed by atoms with van der Waals surface area (Å²) in [6.45, 7) is 2.87. The fourth-order valence-electron chi connectivity index (χ4n) is 2.07. The molecule has 0 spiro atoms. The van der Waals surface area contributed by atoms with E-state index in [2.05, 4.69) is 4.72 Å². The molecule has 1 N–H and O–H groups in total. The SMILES string of the molecule is CC(COc1ccccc1F)NS(=O)(=O)N1CCCC1. The van der Waals surface area contributed by atoms with E-state index in [1.54, 1.807) is 19.1 Å². The zero-order chi connectivity index (χ0) is 14.6. The molecule has 0 bridgehead atoms. The average molecular weight is 302 g/mol. The van der Waals surface area contributed by atoms with Gasteiger partial charge in [-0.25, -0.2) is 4.39 Å². The van der Waals surface area contributed by atoms with Crippen molar-refractivity contribution in [1.82, 2.24) is 9.03 Å². The summed E-state index contributed by atoms with van der Waals surface area (Å²) in [5.74, 6) is -0.332. The minimum Gasteiger partial charge on any atom is -0.489 e. The Kier molecular flexibility index (Phi) is 4.95. The summed E-state index contributed by atoms with van der Waals surface area (Å²) >= 11 is 0. The summed E-state index contributed by atoms with van der Waals surface area (Å²) in [7, 11) is -3.46. The van der Waals surface area contributed by atoms with Crippen LogP contribution >= 0.6 is 0 Å². The van der Waals surface area contributed by atoms with Crippen molar-refractivity contribution in [2.45, 2.75) is 25.8 Å². The van der Waals surface area contributed by atoms with Gasteiger partial charge in [-0.2, -0.15) is 17.4 Å². The van der Waals surface area contributed by atoms with Crippen molar-refractivity contribution >= 4 is 10.2 Å². The van der Waals surface area contributed by atoms with E-state index in [4.69, 9.17) is 4.74 Å². The lowest BCUT2D eigenvalue weighted by Gasteiger charge is -2.20. The van der Waals surface area contributed by atoms with Gasteiger partial charge in [0.2, 0.25) is 0 Å². The summed E-state index contributed by atoms with van der Waals surface area (Å²) in [4.78, 5) is 0. The summed E-state index contributed by atoms with van der Waals surface area (Å²) in [5, 5.41) is 0. The second kappa shape index (κ2) is 6.51. The molecule has 1 unspecified atom stereocenters. The molecule has 0 saturated carbocycles. The number of para-hydroxylation sites is 1. The maximum Gasteiger partial charge on any atom is 0.279 e. The van der Waals surface area contributed by atoms with Gasteiger partial charge in [0.15, 0.2) is 11.6 Å². The predicted molar refractivity (Wildman–Crippen MR) is 74.2 cm³/mol. The van der Waals surface area contributed by atoms with Gasteiger partial charge in [-0.3, -0.25) is 0 Å². The maximum atomic E-state index is 13.4. The smallest absolute Gasteiger partial charge is 0.279 e. The number of hydrogen-bond donors (Lipinski definition) is 1. The third-order valence-corrected chi connectivity index (χ3v) is 4.83. The van der Waals surface area contributed by atoms with Gasteiger partial charge in [0.1, 0.15) is 6.61 Å². The van der Waals surface area contributed by atoms with E-state index in [-0.39, 0.29) is 12.4 Å². The number of halogens is 1. The van der Waals surface area contributed by atoms with Gasteiger partial charge >= 0.3 is 0 Å². The van der Waals surface area contributed by atoms with E-state index < -0.39 is 22.1 Å². The van der Waals surface area contributed by atoms with E-state index in [0.717, 1.165) is 12.8 Å². The summed E-state index contributed by atoms with van der Waals surface area (Å²) < 4.78 is 46.6. The van der Waals surface area contributed by atoms with Gasteiger partial charge in [-0.05, 0) is 31.9 Å². The van der Waals surface area contributed by atoms with Crippen LogP contribution in [0.5, 0.6) is 5.75 Å². The Hall–Kier alpha value is -1.18. The largest absolute Gasteiger partial charge is 0.489 e. The Morgan fingerprint density at radius 1 is 1.35 bits per heavy atom. The average Bonchev–Trinajstić information content (AvgIpc) is 2.92. The van der Waals surface area contributed by atoms with Crippen molar-refractivity contribution in [1.29, 1.82) is 0 Å². The second-order valence-electron chi connectivity index (χ2n) is 4.87. The summed E-state index contributed by atoms with van der Waals surface area (Å²) in [6.07, 6.45) is 1.78. The minimum absolute atomic E-state index is 0.0774. The fraction of sp³-hybridized carbons (Fsp3) is 0.538. The molecule has 0 aliphatic carbocycles. The van der Waals surface area contributed by atoms with Crippen LogP contribution in [-0.4, -0.2) is 38.5 Å². The first-order valence-electron chi connectivity index (χ1n) is 6.64. The van der Waals surface area contributed by atoms with Crippen molar-refractivity contribution in [3.63, 3.8) is 0 Å². The van der Waals surface area contributed by atoms with Gasteiger partial charge in [0.05, 0.1) is 6.04 Å². The Labute approximate surface area is 118 Å². The normalized spacial score (nSPS) is 18.1. The molecule has 1 aliphatic heterocycles. The Morgan fingerprint density at radius 2 is 2.00 bits per heavy atom. The van der Waals surface area contributed by atoms with E-state index in [1.807, 2.05) is 0 Å². The molecule has 1 heterocycles. The maximum absolute atomic E-state index is 13.4. The first-order chi connectivity index (χ1) is 9.49. The molecule has 2 rings (SSSR count). The number of ether oxygens (including phenoxy) is 1. The highest BCUT2D eigenvalue weighted by molar-refractivity contribution is 7.87. The summed E-state index contributed by atoms with van der Waals surface area (Å²) in [5.41, 5.74) is 0. The Bertz CT molecular complexity index is 544. The molecule has 1 aliphatic rings. The first-order valence-corrected chi connectivity index (χ1v) is 8.08. The molecule has 112 valence electrons. The zero-order valence-electron chi connectivity index (χ0n) is 11.4. The Balaban J connectivity index is 1.86. The van der Waals surface area contributed by atoms with Crippen LogP contribution in [0.4, 0.5) is 4.39 Å². The lowest BCUT2D eigenvalue weighted by atomic mass is 10.3. The number of benzene rings is 1. The van der Waals surface area contributed by atoms with Crippen molar-refractivity contribution in [2.24, 2.45) is 0 Å². The van der Waals surface area contributed by atoms with Crippen LogP contribution in [0.15, 0.2) is 24.3 Å². The molecule has 20 heavy (non-hydrogen) atoms. The van der Waals surface area contributed by atoms with E-state index in [9.17, 15) is 12.8 Å². The molecule has 1 fully saturated rings. The molecule has 1 atom stereocenters. The minimum atomic E-state index is -3.46. The van der Waals surface area contributed by atoms with Crippen LogP contribution in [-0.2, 0) is 10.2 Å². The van der Waals surface area contributed by atoms with Gasteiger partial charge < -0.3 is 4.74 Å². The highest BCUT2D eigenvalue weighted by Gasteiger charge is 2.26. The zero-order valence-corrected chi connectivity index (χ0v) is 12.2. The van der Waals surface area contributed by atoms with Gasteiger partial charge in [0, 0.05) is 13.1 Å². The molecule has 1 saturated heterocycles. The van der Waals surface area contributed by atoms with E-state index in [0.29, 0.717) is 13.1 Å². The Morgan fingerprint density at radius 3 is 2.65 bits per heavy atom. The fourth-order valence-corrected chi connectivity index (χ4v) is 3.53. The standard InChI is InChI=1S/C13H19FN2O3S/c1-11(10-19-13-7-3-2-6-12(13)14)15-20(17,18)16-8-4-5-9-16/h2-3,6-7,11,15H,4-5,8-10H2,1H3. The molecular weight excluding hydrogens is 283 g/mol. The molecule has 5 nitrogen and oxygen atoms in total. The quantitative estimate of drug-likeness (QED) is 0.867. The van der Waals surface area contributed by atoms with Crippen molar-refractivity contribution < 1.29 is 17.5 Å². The lowest BCUT2D eigenvalue weighted by Crippen LogP contribution is -2.45. The number of nitrogens with one attached hydrogen (secondary N) is 1. The topological polar surface area (TPSA) is 58.6 Å². The molecule has 0 radical (unpaired) electrons. The molecule has 0 amide bonds. The highest BCUT2D eigenvalue weighted by atomic mass is 32.2. The highest BCUT2D eigenvalue weighted by Crippen LogP contribution is 2.16. The third-order valence-electron chi connectivity index (χ3n) is 3.08. The van der Waals surface area contributed by atoms with Crippen molar-refractivity contribution in [3.05, 3.63) is 30.1 Å². The van der Waals surface area contributed by atoms with Gasteiger partial charge in [-0.1, -0.05) is 12.1 Å². The van der Waals surface area contributed by atoms with E-state index >= 15 is 0 Å². The molecular formula is C13H19FN2O3S. The number of nitrogens with zero attached hydrogens (tertiary/aromatic N) is 1. The predicted octanol–water partition coefficient (Wildman–Crippen LogP) is 1.52. The van der Waals surface area contributed by atoms with Crippen LogP contribution in [0.1, 0.15) is 19.8 Å². The lowest BCUT2D eigenvalue weighted by molar-refractivity contribution is 0.272. The molecule has 1 aromatic carbocycles. The van der Waals surface area contributed by atoms with Crippen LogP contribution in [0, 0.1) is 5.82 Å². The van der Waals surface area contributed by atoms with Crippen LogP contribution in [0.25, 0.3) is 0 Å².